The molecule has 2 aliphatic heterocycles. The van der Waals surface area contributed by atoms with Gasteiger partial charge >= 0.3 is 5.97 Å². The maximum Gasteiger partial charge on any atom is 0.352 e. The summed E-state index contributed by atoms with van der Waals surface area (Å²) >= 11 is 17.7. The zero-order chi connectivity index (χ0) is 27.4. The van der Waals surface area contributed by atoms with Gasteiger partial charge in [0.1, 0.15) is 22.1 Å². The molecule has 2 aromatic rings. The van der Waals surface area contributed by atoms with Gasteiger partial charge in [0.2, 0.25) is 5.91 Å². The van der Waals surface area contributed by atoms with Crippen LogP contribution in [0.4, 0.5) is 0 Å². The highest BCUT2D eigenvalue weighted by Gasteiger charge is 2.53. The van der Waals surface area contributed by atoms with E-state index < -0.39 is 23.3 Å². The second kappa shape index (κ2) is 13.0. The molecule has 4 rings (SSSR count). The van der Waals surface area contributed by atoms with Crippen LogP contribution < -0.4 is 5.32 Å². The number of aryl methyl sites for hydroxylation is 1. The smallest absolute Gasteiger partial charge is 0.352 e. The summed E-state index contributed by atoms with van der Waals surface area (Å²) in [6, 6.07) is 6.04. The van der Waals surface area contributed by atoms with E-state index in [1.165, 1.54) is 40.2 Å². The average molecular weight is 630 g/mol. The molecule has 0 radical (unpaired) electrons. The summed E-state index contributed by atoms with van der Waals surface area (Å²) in [7, 11) is 0. The van der Waals surface area contributed by atoms with Crippen LogP contribution in [0.5, 0.6) is 0 Å². The first-order valence-corrected chi connectivity index (χ1v) is 15.9. The SMILES string of the molecule is CCSc1nc(C)cc(S/C=C/C2=C(C(=O)O)N3C(=O)C(NC(=O)CSc4cc(Cl)ccc4Cl)C3SC2)n1. The van der Waals surface area contributed by atoms with E-state index in [-0.39, 0.29) is 17.4 Å². The predicted molar refractivity (Wildman–Crippen MR) is 155 cm³/mol. The van der Waals surface area contributed by atoms with Crippen LogP contribution in [0.25, 0.3) is 0 Å². The summed E-state index contributed by atoms with van der Waals surface area (Å²) in [6.45, 7) is 3.92. The van der Waals surface area contributed by atoms with E-state index >= 15 is 0 Å². The van der Waals surface area contributed by atoms with Crippen LogP contribution in [0.2, 0.25) is 10.0 Å². The summed E-state index contributed by atoms with van der Waals surface area (Å²) in [6.07, 6.45) is 1.70. The van der Waals surface area contributed by atoms with Crippen molar-refractivity contribution < 1.29 is 19.5 Å². The lowest BCUT2D eigenvalue weighted by Crippen LogP contribution is -2.70. The third kappa shape index (κ3) is 6.83. The van der Waals surface area contributed by atoms with E-state index in [2.05, 4.69) is 15.3 Å². The topological polar surface area (TPSA) is 112 Å². The van der Waals surface area contributed by atoms with Crippen LogP contribution in [-0.4, -0.2) is 66.4 Å². The van der Waals surface area contributed by atoms with Crippen LogP contribution in [0.1, 0.15) is 12.6 Å². The molecule has 1 fully saturated rings. The van der Waals surface area contributed by atoms with Crippen molar-refractivity contribution in [2.45, 2.75) is 40.3 Å². The summed E-state index contributed by atoms with van der Waals surface area (Å²) in [5, 5.41) is 16.3. The molecule has 8 nitrogen and oxygen atoms in total. The zero-order valence-corrected chi connectivity index (χ0v) is 24.9. The number of amides is 2. The fourth-order valence-corrected chi connectivity index (χ4v) is 7.73. The molecule has 1 aromatic heterocycles. The first kappa shape index (κ1) is 29.2. The Morgan fingerprint density at radius 3 is 2.79 bits per heavy atom. The number of aromatic nitrogens is 2. The van der Waals surface area contributed by atoms with Gasteiger partial charge in [-0.15, -0.1) is 23.5 Å². The molecule has 2 N–H and O–H groups in total. The normalized spacial score (nSPS) is 18.9. The number of hydrogen-bond donors (Lipinski definition) is 2. The molecule has 0 saturated carbocycles. The minimum atomic E-state index is -1.19. The van der Waals surface area contributed by atoms with Crippen molar-refractivity contribution in [1.29, 1.82) is 0 Å². The van der Waals surface area contributed by atoms with Crippen LogP contribution in [-0.2, 0) is 14.4 Å². The first-order chi connectivity index (χ1) is 18.2. The van der Waals surface area contributed by atoms with Crippen molar-refractivity contribution in [3.05, 3.63) is 62.8 Å². The van der Waals surface area contributed by atoms with Gasteiger partial charge in [0.05, 0.1) is 10.8 Å². The van der Waals surface area contributed by atoms with Crippen LogP contribution in [0.15, 0.2) is 62.1 Å². The molecule has 2 aliphatic rings. The summed E-state index contributed by atoms with van der Waals surface area (Å²) in [5.41, 5.74) is 1.30. The molecule has 2 unspecified atom stereocenters. The molecule has 200 valence electrons. The maximum absolute atomic E-state index is 12.9. The van der Waals surface area contributed by atoms with Crippen LogP contribution in [0, 0.1) is 6.92 Å². The molecule has 2 atom stereocenters. The van der Waals surface area contributed by atoms with Gasteiger partial charge in [0.15, 0.2) is 5.16 Å². The van der Waals surface area contributed by atoms with E-state index in [0.717, 1.165) is 16.5 Å². The van der Waals surface area contributed by atoms with Gasteiger partial charge in [-0.2, -0.15) is 0 Å². The number of hydrogen-bond acceptors (Lipinski definition) is 9. The van der Waals surface area contributed by atoms with Crippen LogP contribution in [0.3, 0.4) is 0 Å². The van der Waals surface area contributed by atoms with Crippen molar-refractivity contribution in [1.82, 2.24) is 20.2 Å². The predicted octanol–water partition coefficient (Wildman–Crippen LogP) is 5.34. The number of β-lactam (4-membered cyclic amide) rings is 1. The zero-order valence-electron chi connectivity index (χ0n) is 20.1. The number of fused-ring (bicyclic) bond motifs is 1. The standard InChI is InChI=1S/C24H22Cl2N4O4S4/c1-3-35-24-27-12(2)8-18(29-24)36-7-6-13-10-38-22-19(21(32)30(22)20(13)23(33)34)28-17(31)11-37-16-9-14(25)4-5-15(16)26/h4-9,19,22H,3,10-11H2,1-2H3,(H,28,31)(H,33,34)/b7-6+. The van der Waals surface area contributed by atoms with Crippen molar-refractivity contribution in [3.63, 3.8) is 0 Å². The summed E-state index contributed by atoms with van der Waals surface area (Å²) in [4.78, 5) is 48.3. The number of halogens is 2. The van der Waals surface area contributed by atoms with E-state index in [4.69, 9.17) is 23.2 Å². The number of nitrogens with zero attached hydrogens (tertiary/aromatic N) is 3. The van der Waals surface area contributed by atoms with Gasteiger partial charge in [-0.05, 0) is 54.0 Å². The van der Waals surface area contributed by atoms with E-state index in [0.29, 0.717) is 31.4 Å². The number of carboxylic acid groups (broad SMARTS) is 1. The van der Waals surface area contributed by atoms with Crippen molar-refractivity contribution in [2.75, 3.05) is 17.3 Å². The van der Waals surface area contributed by atoms with E-state index in [1.807, 2.05) is 19.9 Å². The second-order valence-electron chi connectivity index (χ2n) is 7.98. The summed E-state index contributed by atoms with van der Waals surface area (Å²) < 4.78 is 0. The number of nitrogens with one attached hydrogen (secondary N) is 1. The quantitative estimate of drug-likeness (QED) is 0.155. The Bertz CT molecular complexity index is 1340. The molecular weight excluding hydrogens is 607 g/mol. The minimum absolute atomic E-state index is 0.0368. The Morgan fingerprint density at radius 2 is 2.05 bits per heavy atom. The third-order valence-corrected chi connectivity index (χ3v) is 9.80. The fourth-order valence-electron chi connectivity index (χ4n) is 3.67. The maximum atomic E-state index is 12.9. The molecule has 0 aliphatic carbocycles. The first-order valence-electron chi connectivity index (χ1n) is 11.3. The second-order valence-corrected chi connectivity index (χ2v) is 13.1. The molecule has 1 saturated heterocycles. The lowest BCUT2D eigenvalue weighted by atomic mass is 10.0. The lowest BCUT2D eigenvalue weighted by Gasteiger charge is -2.49. The number of rotatable bonds is 10. The Hall–Kier alpha value is -1.83. The molecule has 0 spiro atoms. The van der Waals surface area contributed by atoms with Gasteiger partial charge in [0, 0.05) is 21.4 Å². The van der Waals surface area contributed by atoms with Gasteiger partial charge in [-0.25, -0.2) is 14.8 Å². The van der Waals surface area contributed by atoms with Crippen LogP contribution >= 0.6 is 70.2 Å². The number of thioether (sulfide) groups is 4. The van der Waals surface area contributed by atoms with Crippen molar-refractivity contribution in [2.24, 2.45) is 0 Å². The number of allylic oxidation sites excluding steroid dienone is 1. The molecule has 0 bridgehead atoms. The Kier molecular flexibility index (Phi) is 9.99. The molecule has 14 heteroatoms. The molecule has 38 heavy (non-hydrogen) atoms. The minimum Gasteiger partial charge on any atom is -0.477 e. The monoisotopic (exact) mass is 628 g/mol. The highest BCUT2D eigenvalue weighted by Crippen LogP contribution is 2.41. The number of carbonyl (C=O) groups excluding carboxylic acids is 2. The third-order valence-electron chi connectivity index (χ3n) is 5.31. The Balaban J connectivity index is 1.40. The number of carboxylic acids is 1. The lowest BCUT2D eigenvalue weighted by molar-refractivity contribution is -0.150. The average Bonchev–Trinajstić information content (AvgIpc) is 2.87. The molecule has 3 heterocycles. The largest absolute Gasteiger partial charge is 0.477 e. The van der Waals surface area contributed by atoms with Gasteiger partial charge in [-0.1, -0.05) is 53.6 Å². The van der Waals surface area contributed by atoms with Crippen molar-refractivity contribution in [3.8, 4) is 0 Å². The van der Waals surface area contributed by atoms with E-state index in [9.17, 15) is 19.5 Å². The molecule has 2 amide bonds. The fraction of sp³-hybridized carbons (Fsp3) is 0.292. The molecule has 1 aromatic carbocycles. The van der Waals surface area contributed by atoms with Gasteiger partial charge < -0.3 is 10.4 Å². The Morgan fingerprint density at radius 1 is 1.26 bits per heavy atom. The van der Waals surface area contributed by atoms with Crippen molar-refractivity contribution >= 4 is 88.0 Å². The highest BCUT2D eigenvalue weighted by atomic mass is 35.5. The highest BCUT2D eigenvalue weighted by molar-refractivity contribution is 8.02. The number of carbonyl (C=O) groups is 3. The summed E-state index contributed by atoms with van der Waals surface area (Å²) in [5.74, 6) is -0.722. The Labute approximate surface area is 246 Å². The number of aliphatic carboxylic acids is 1. The van der Waals surface area contributed by atoms with E-state index in [1.54, 1.807) is 41.4 Å². The molecular formula is C24H22Cl2N4O4S4. The van der Waals surface area contributed by atoms with Gasteiger partial charge in [-0.3, -0.25) is 14.5 Å². The van der Waals surface area contributed by atoms with Gasteiger partial charge in [0.25, 0.3) is 5.91 Å². The number of benzene rings is 1.